The topological polar surface area (TPSA) is 80.1 Å². The number of fused-ring (bicyclic) bond motifs is 1. The largest absolute Gasteiger partial charge is 0.384 e. The molecular formula is C15H18N4O2. The molecule has 0 spiro atoms. The number of anilines is 1. The van der Waals surface area contributed by atoms with Gasteiger partial charge in [-0.1, -0.05) is 0 Å². The predicted molar refractivity (Wildman–Crippen MR) is 82.5 cm³/mol. The summed E-state index contributed by atoms with van der Waals surface area (Å²) in [6.45, 7) is 1.96. The molecule has 1 aliphatic heterocycles. The molecule has 6 nitrogen and oxygen atoms in total. The van der Waals surface area contributed by atoms with Gasteiger partial charge in [0.1, 0.15) is 0 Å². The van der Waals surface area contributed by atoms with Crippen molar-refractivity contribution in [1.29, 1.82) is 0 Å². The van der Waals surface area contributed by atoms with E-state index in [4.69, 9.17) is 0 Å². The maximum Gasteiger partial charge on any atom is 0.278 e. The predicted octanol–water partition coefficient (Wildman–Crippen LogP) is 2.70. The second-order valence-electron chi connectivity index (χ2n) is 5.32. The fourth-order valence-corrected chi connectivity index (χ4v) is 2.87. The van der Waals surface area contributed by atoms with Crippen LogP contribution in [0, 0.1) is 10.1 Å². The molecule has 1 aromatic carbocycles. The highest BCUT2D eigenvalue weighted by Crippen LogP contribution is 2.30. The summed E-state index contributed by atoms with van der Waals surface area (Å²) in [4.78, 5) is 14.7. The smallest absolute Gasteiger partial charge is 0.278 e. The van der Waals surface area contributed by atoms with Crippen LogP contribution < -0.4 is 10.6 Å². The molecule has 21 heavy (non-hydrogen) atoms. The van der Waals surface area contributed by atoms with E-state index in [1.807, 2.05) is 6.07 Å². The molecule has 1 atom stereocenters. The van der Waals surface area contributed by atoms with Crippen LogP contribution in [0.1, 0.15) is 19.3 Å². The zero-order chi connectivity index (χ0) is 14.7. The highest BCUT2D eigenvalue weighted by Gasteiger charge is 2.15. The molecule has 2 N–H and O–H groups in total. The SMILES string of the molecule is O=[N+]([O-])c1ccc(NCC[C@H]2CCCN2)c2ccncc12. The summed E-state index contributed by atoms with van der Waals surface area (Å²) < 4.78 is 0. The first-order valence-corrected chi connectivity index (χ1v) is 7.24. The number of pyridine rings is 1. The van der Waals surface area contributed by atoms with Gasteiger partial charge in [-0.15, -0.1) is 0 Å². The van der Waals surface area contributed by atoms with Gasteiger partial charge < -0.3 is 10.6 Å². The van der Waals surface area contributed by atoms with E-state index in [2.05, 4.69) is 15.6 Å². The van der Waals surface area contributed by atoms with Crippen molar-refractivity contribution in [3.8, 4) is 0 Å². The van der Waals surface area contributed by atoms with Gasteiger partial charge in [0.25, 0.3) is 5.69 Å². The first-order valence-electron chi connectivity index (χ1n) is 7.24. The van der Waals surface area contributed by atoms with Gasteiger partial charge in [0, 0.05) is 42.1 Å². The lowest BCUT2D eigenvalue weighted by molar-refractivity contribution is -0.383. The Balaban J connectivity index is 1.79. The molecule has 1 fully saturated rings. The van der Waals surface area contributed by atoms with Crippen molar-refractivity contribution < 1.29 is 4.92 Å². The highest BCUT2D eigenvalue weighted by molar-refractivity contribution is 5.99. The van der Waals surface area contributed by atoms with Gasteiger partial charge in [0.15, 0.2) is 0 Å². The van der Waals surface area contributed by atoms with E-state index in [1.54, 1.807) is 24.5 Å². The number of benzene rings is 1. The number of hydrogen-bond acceptors (Lipinski definition) is 5. The molecule has 6 heteroatoms. The quantitative estimate of drug-likeness (QED) is 0.652. The normalized spacial score (nSPS) is 18.0. The minimum atomic E-state index is -0.365. The van der Waals surface area contributed by atoms with Crippen molar-refractivity contribution in [3.63, 3.8) is 0 Å². The lowest BCUT2D eigenvalue weighted by atomic mass is 10.1. The Bertz CT molecular complexity index is 653. The molecule has 3 rings (SSSR count). The number of nitrogens with one attached hydrogen (secondary N) is 2. The molecule has 2 heterocycles. The summed E-state index contributed by atoms with van der Waals surface area (Å²) >= 11 is 0. The van der Waals surface area contributed by atoms with Crippen LogP contribution in [0.4, 0.5) is 11.4 Å². The van der Waals surface area contributed by atoms with Crippen LogP contribution in [0.25, 0.3) is 10.8 Å². The molecule has 0 radical (unpaired) electrons. The summed E-state index contributed by atoms with van der Waals surface area (Å²) in [5.41, 5.74) is 1.03. The van der Waals surface area contributed by atoms with E-state index in [1.165, 1.54) is 12.8 Å². The third-order valence-corrected chi connectivity index (χ3v) is 3.96. The fraction of sp³-hybridized carbons (Fsp3) is 0.400. The Kier molecular flexibility index (Phi) is 3.96. The molecule has 0 bridgehead atoms. The number of nitro groups is 1. The van der Waals surface area contributed by atoms with Gasteiger partial charge >= 0.3 is 0 Å². The zero-order valence-corrected chi connectivity index (χ0v) is 11.7. The van der Waals surface area contributed by atoms with Gasteiger partial charge in [-0.25, -0.2) is 0 Å². The van der Waals surface area contributed by atoms with E-state index in [0.717, 1.165) is 30.6 Å². The third kappa shape index (κ3) is 2.95. The lowest BCUT2D eigenvalue weighted by Crippen LogP contribution is -2.24. The molecular weight excluding hydrogens is 268 g/mol. The van der Waals surface area contributed by atoms with E-state index in [9.17, 15) is 10.1 Å². The van der Waals surface area contributed by atoms with Crippen molar-refractivity contribution in [1.82, 2.24) is 10.3 Å². The minimum absolute atomic E-state index is 0.0982. The number of nitrogens with zero attached hydrogens (tertiary/aromatic N) is 2. The van der Waals surface area contributed by atoms with Gasteiger partial charge in [-0.2, -0.15) is 0 Å². The highest BCUT2D eigenvalue weighted by atomic mass is 16.6. The standard InChI is InChI=1S/C15H18N4O2/c20-19(21)15-4-3-14(12-6-8-16-10-13(12)15)18-9-5-11-2-1-7-17-11/h3-4,6,8,10-11,17-18H,1-2,5,7,9H2/t11-/m1/s1. The second kappa shape index (κ2) is 6.05. The first kappa shape index (κ1) is 13.8. The molecule has 110 valence electrons. The van der Waals surface area contributed by atoms with Crippen LogP contribution in [0.2, 0.25) is 0 Å². The summed E-state index contributed by atoms with van der Waals surface area (Å²) in [7, 11) is 0. The van der Waals surface area contributed by atoms with E-state index in [0.29, 0.717) is 11.4 Å². The van der Waals surface area contributed by atoms with Gasteiger partial charge in [-0.3, -0.25) is 15.1 Å². The summed E-state index contributed by atoms with van der Waals surface area (Å²) in [5, 5.41) is 19.3. The first-order chi connectivity index (χ1) is 10.3. The minimum Gasteiger partial charge on any atom is -0.384 e. The summed E-state index contributed by atoms with van der Waals surface area (Å²) in [6, 6.07) is 5.73. The summed E-state index contributed by atoms with van der Waals surface area (Å²) in [6.07, 6.45) is 6.75. The Morgan fingerprint density at radius 2 is 2.29 bits per heavy atom. The molecule has 0 unspecified atom stereocenters. The zero-order valence-electron chi connectivity index (χ0n) is 11.7. The number of hydrogen-bond donors (Lipinski definition) is 2. The van der Waals surface area contributed by atoms with Crippen LogP contribution >= 0.6 is 0 Å². The van der Waals surface area contributed by atoms with Crippen molar-refractivity contribution in [2.45, 2.75) is 25.3 Å². The van der Waals surface area contributed by atoms with Gasteiger partial charge in [0.05, 0.1) is 10.3 Å². The second-order valence-corrected chi connectivity index (χ2v) is 5.32. The average molecular weight is 286 g/mol. The Hall–Kier alpha value is -2.21. The van der Waals surface area contributed by atoms with Crippen LogP contribution in [0.3, 0.4) is 0 Å². The number of non-ortho nitro benzene ring substituents is 1. The number of rotatable bonds is 5. The molecule has 0 aliphatic carbocycles. The number of nitro benzene ring substituents is 1. The third-order valence-electron chi connectivity index (χ3n) is 3.96. The molecule has 1 saturated heterocycles. The van der Waals surface area contributed by atoms with Gasteiger partial charge in [0.2, 0.25) is 0 Å². The molecule has 1 aromatic heterocycles. The van der Waals surface area contributed by atoms with E-state index in [-0.39, 0.29) is 10.6 Å². The monoisotopic (exact) mass is 286 g/mol. The van der Waals surface area contributed by atoms with Crippen molar-refractivity contribution >= 4 is 22.1 Å². The van der Waals surface area contributed by atoms with Crippen molar-refractivity contribution in [2.75, 3.05) is 18.4 Å². The molecule has 1 aliphatic rings. The maximum absolute atomic E-state index is 11.1. The van der Waals surface area contributed by atoms with E-state index < -0.39 is 0 Å². The summed E-state index contributed by atoms with van der Waals surface area (Å²) in [5.74, 6) is 0. The van der Waals surface area contributed by atoms with E-state index >= 15 is 0 Å². The van der Waals surface area contributed by atoms with Crippen LogP contribution in [0.15, 0.2) is 30.6 Å². The molecule has 0 saturated carbocycles. The van der Waals surface area contributed by atoms with Crippen molar-refractivity contribution in [3.05, 3.63) is 40.7 Å². The van der Waals surface area contributed by atoms with Gasteiger partial charge in [-0.05, 0) is 37.9 Å². The van der Waals surface area contributed by atoms with Crippen molar-refractivity contribution in [2.24, 2.45) is 0 Å². The number of aromatic nitrogens is 1. The Morgan fingerprint density at radius 1 is 1.38 bits per heavy atom. The lowest BCUT2D eigenvalue weighted by Gasteiger charge is -2.13. The Morgan fingerprint density at radius 3 is 3.05 bits per heavy atom. The van der Waals surface area contributed by atoms with Crippen LogP contribution in [-0.4, -0.2) is 29.0 Å². The fourth-order valence-electron chi connectivity index (χ4n) is 2.87. The van der Waals surface area contributed by atoms with Crippen LogP contribution in [-0.2, 0) is 0 Å². The average Bonchev–Trinajstić information content (AvgIpc) is 3.00. The molecule has 2 aromatic rings. The Labute approximate surface area is 122 Å². The maximum atomic E-state index is 11.1. The van der Waals surface area contributed by atoms with Crippen LogP contribution in [0.5, 0.6) is 0 Å². The molecule has 0 amide bonds.